The van der Waals surface area contributed by atoms with Gasteiger partial charge in [-0.1, -0.05) is 76.1 Å². The molecule has 1 fully saturated rings. The lowest BCUT2D eigenvalue weighted by Crippen LogP contribution is -2.32. The molecule has 5 heteroatoms. The summed E-state index contributed by atoms with van der Waals surface area (Å²) >= 11 is 3.84. The fraction of sp³-hybridized carbons (Fsp3) is 0.333. The summed E-state index contributed by atoms with van der Waals surface area (Å²) < 4.78 is 29.6. The van der Waals surface area contributed by atoms with Gasteiger partial charge in [0.1, 0.15) is 0 Å². The van der Waals surface area contributed by atoms with E-state index in [9.17, 15) is 8.42 Å². The smallest absolute Gasteiger partial charge is 0.207 e. The summed E-state index contributed by atoms with van der Waals surface area (Å²) in [5.41, 5.74) is 3.21. The Labute approximate surface area is 182 Å². The van der Waals surface area contributed by atoms with Crippen LogP contribution in [0.5, 0.6) is 0 Å². The van der Waals surface area contributed by atoms with Crippen LogP contribution in [0.3, 0.4) is 0 Å². The molecular weight excluding hydrogens is 446 g/mol. The fourth-order valence-corrected chi connectivity index (χ4v) is 6.73. The van der Waals surface area contributed by atoms with Crippen LogP contribution in [0.2, 0.25) is 0 Å². The van der Waals surface area contributed by atoms with E-state index >= 15 is 0 Å². The highest BCUT2D eigenvalue weighted by Crippen LogP contribution is 2.50. The summed E-state index contributed by atoms with van der Waals surface area (Å²) in [5, 5.41) is 0. The van der Waals surface area contributed by atoms with Crippen LogP contribution < -0.4 is 0 Å². The molecule has 0 saturated carbocycles. The second-order valence-corrected chi connectivity index (χ2v) is 10.8. The summed E-state index contributed by atoms with van der Waals surface area (Å²) in [4.78, 5) is 0.375. The van der Waals surface area contributed by atoms with Crippen molar-refractivity contribution in [3.8, 4) is 0 Å². The number of hydrogen-bond donors (Lipinski definition) is 0. The molecule has 1 aliphatic heterocycles. The summed E-state index contributed by atoms with van der Waals surface area (Å²) in [6.07, 6.45) is 8.48. The number of hydrogen-bond acceptors (Lipinski definition) is 2. The summed E-state index contributed by atoms with van der Waals surface area (Å²) in [6.45, 7) is 2.93. The van der Waals surface area contributed by atoms with E-state index in [1.54, 1.807) is 16.4 Å². The second-order valence-electron chi connectivity index (χ2n) is 8.09. The number of aryl methyl sites for hydroxylation is 1. The molecule has 1 unspecified atom stereocenters. The number of halogens is 1. The summed E-state index contributed by atoms with van der Waals surface area (Å²) in [5.74, 6) is 0. The predicted molar refractivity (Wildman–Crippen MR) is 122 cm³/mol. The first kappa shape index (κ1) is 20.6. The SMILES string of the molecule is Cc1ccc(S(=O)(=O)N2C/C(=C(\Br)c3ccccc3)C3(CC=CCCC3)C2)cc1. The molecule has 0 bridgehead atoms. The number of sulfonamides is 1. The zero-order valence-corrected chi connectivity index (χ0v) is 19.0. The number of rotatable bonds is 3. The van der Waals surface area contributed by atoms with Crippen molar-refractivity contribution in [1.29, 1.82) is 0 Å². The highest BCUT2D eigenvalue weighted by Gasteiger charge is 2.47. The van der Waals surface area contributed by atoms with Crippen LogP contribution >= 0.6 is 15.9 Å². The second kappa shape index (κ2) is 8.21. The van der Waals surface area contributed by atoms with Crippen molar-refractivity contribution in [3.05, 3.63) is 83.4 Å². The summed E-state index contributed by atoms with van der Waals surface area (Å²) in [7, 11) is -3.54. The normalized spacial score (nSPS) is 24.6. The largest absolute Gasteiger partial charge is 0.243 e. The van der Waals surface area contributed by atoms with Gasteiger partial charge in [0.2, 0.25) is 10.0 Å². The van der Waals surface area contributed by atoms with Crippen molar-refractivity contribution >= 4 is 30.4 Å². The van der Waals surface area contributed by atoms with Crippen LogP contribution in [0.15, 0.2) is 77.2 Å². The fourth-order valence-electron chi connectivity index (χ4n) is 4.43. The van der Waals surface area contributed by atoms with E-state index in [2.05, 4.69) is 40.2 Å². The zero-order valence-electron chi connectivity index (χ0n) is 16.6. The van der Waals surface area contributed by atoms with Crippen LogP contribution in [0.25, 0.3) is 4.48 Å². The standard InChI is InChI=1S/C24H26BrNO2S/c1-19-11-13-21(14-12-19)29(27,28)26-17-22(23(25)20-9-5-4-6-10-20)24(18-26)15-7-2-3-8-16-24/h2,4-7,9-14H,3,8,15-18H2,1H3/b23-22+. The molecular formula is C24H26BrNO2S. The molecule has 2 aliphatic rings. The van der Waals surface area contributed by atoms with E-state index in [1.165, 1.54) is 5.57 Å². The first-order valence-corrected chi connectivity index (χ1v) is 12.3. The Bertz CT molecular complexity index is 1040. The van der Waals surface area contributed by atoms with E-state index in [0.29, 0.717) is 18.0 Å². The average Bonchev–Trinajstić information content (AvgIpc) is 2.94. The highest BCUT2D eigenvalue weighted by atomic mass is 79.9. The average molecular weight is 472 g/mol. The first-order valence-electron chi connectivity index (χ1n) is 10.1. The molecule has 4 rings (SSSR count). The Morgan fingerprint density at radius 2 is 1.76 bits per heavy atom. The number of nitrogens with zero attached hydrogens (tertiary/aromatic N) is 1. The third-order valence-corrected chi connectivity index (χ3v) is 8.85. The van der Waals surface area contributed by atoms with E-state index in [-0.39, 0.29) is 5.41 Å². The van der Waals surface area contributed by atoms with Gasteiger partial charge in [-0.15, -0.1) is 0 Å². The molecule has 3 nitrogen and oxygen atoms in total. The molecule has 0 aromatic heterocycles. The van der Waals surface area contributed by atoms with Gasteiger partial charge in [0.25, 0.3) is 0 Å². The van der Waals surface area contributed by atoms with Crippen molar-refractivity contribution in [3.63, 3.8) is 0 Å². The van der Waals surface area contributed by atoms with Gasteiger partial charge in [0.05, 0.1) is 4.90 Å². The van der Waals surface area contributed by atoms with Gasteiger partial charge in [-0.25, -0.2) is 8.42 Å². The van der Waals surface area contributed by atoms with Gasteiger partial charge in [-0.05, 0) is 55.9 Å². The van der Waals surface area contributed by atoms with Gasteiger partial charge < -0.3 is 0 Å². The Kier molecular flexibility index (Phi) is 5.83. The topological polar surface area (TPSA) is 37.4 Å². The molecule has 1 spiro atoms. The molecule has 2 aromatic carbocycles. The number of allylic oxidation sites excluding steroid dienone is 2. The Morgan fingerprint density at radius 3 is 2.48 bits per heavy atom. The van der Waals surface area contributed by atoms with Gasteiger partial charge in [-0.3, -0.25) is 0 Å². The molecule has 0 amide bonds. The van der Waals surface area contributed by atoms with Crippen LogP contribution in [0, 0.1) is 12.3 Å². The maximum Gasteiger partial charge on any atom is 0.243 e. The van der Waals surface area contributed by atoms with Gasteiger partial charge in [-0.2, -0.15) is 4.31 Å². The Hall–Kier alpha value is -1.69. The van der Waals surface area contributed by atoms with Gasteiger partial charge in [0, 0.05) is 23.0 Å². The maximum absolute atomic E-state index is 13.4. The monoisotopic (exact) mass is 471 g/mol. The van der Waals surface area contributed by atoms with Crippen molar-refractivity contribution in [2.45, 2.75) is 37.5 Å². The third kappa shape index (κ3) is 4.00. The molecule has 0 N–H and O–H groups in total. The predicted octanol–water partition coefficient (Wildman–Crippen LogP) is 5.92. The lowest BCUT2D eigenvalue weighted by Gasteiger charge is -2.30. The van der Waals surface area contributed by atoms with Crippen molar-refractivity contribution in [2.75, 3.05) is 13.1 Å². The van der Waals surface area contributed by atoms with Crippen molar-refractivity contribution < 1.29 is 8.42 Å². The first-order chi connectivity index (χ1) is 13.9. The molecule has 1 atom stereocenters. The molecule has 0 radical (unpaired) electrons. The zero-order chi connectivity index (χ0) is 20.5. The van der Waals surface area contributed by atoms with Crippen molar-refractivity contribution in [2.24, 2.45) is 5.41 Å². The van der Waals surface area contributed by atoms with Gasteiger partial charge in [0.15, 0.2) is 0 Å². The number of benzene rings is 2. The molecule has 152 valence electrons. The van der Waals surface area contributed by atoms with E-state index in [0.717, 1.165) is 41.3 Å². The molecule has 1 aliphatic carbocycles. The molecule has 29 heavy (non-hydrogen) atoms. The van der Waals surface area contributed by atoms with E-state index < -0.39 is 10.0 Å². The van der Waals surface area contributed by atoms with E-state index in [1.807, 2.05) is 37.3 Å². The molecule has 1 heterocycles. The van der Waals surface area contributed by atoms with Crippen LogP contribution in [0.4, 0.5) is 0 Å². The minimum Gasteiger partial charge on any atom is -0.207 e. The molecule has 2 aromatic rings. The van der Waals surface area contributed by atoms with Crippen LogP contribution in [-0.4, -0.2) is 25.8 Å². The lowest BCUT2D eigenvalue weighted by atomic mass is 9.76. The lowest BCUT2D eigenvalue weighted by molar-refractivity contribution is 0.322. The Morgan fingerprint density at radius 1 is 1.03 bits per heavy atom. The minimum absolute atomic E-state index is 0.153. The molecule has 1 saturated heterocycles. The van der Waals surface area contributed by atoms with Gasteiger partial charge >= 0.3 is 0 Å². The maximum atomic E-state index is 13.4. The third-order valence-electron chi connectivity index (χ3n) is 6.11. The highest BCUT2D eigenvalue weighted by molar-refractivity contribution is 9.15. The quantitative estimate of drug-likeness (QED) is 0.520. The van der Waals surface area contributed by atoms with Crippen LogP contribution in [0.1, 0.15) is 36.8 Å². The van der Waals surface area contributed by atoms with E-state index in [4.69, 9.17) is 0 Å². The minimum atomic E-state index is -3.54. The summed E-state index contributed by atoms with van der Waals surface area (Å²) in [6, 6.07) is 17.4. The van der Waals surface area contributed by atoms with Crippen LogP contribution in [-0.2, 0) is 10.0 Å². The Balaban J connectivity index is 1.78. The van der Waals surface area contributed by atoms with Crippen molar-refractivity contribution in [1.82, 2.24) is 4.31 Å².